The van der Waals surface area contributed by atoms with E-state index in [0.29, 0.717) is 12.4 Å². The second-order valence-electron chi connectivity index (χ2n) is 7.08. The minimum Gasteiger partial charge on any atom is -0.493 e. The first kappa shape index (κ1) is 23.6. The lowest BCUT2D eigenvalue weighted by Gasteiger charge is -2.21. The van der Waals surface area contributed by atoms with E-state index in [0.717, 1.165) is 6.42 Å². The van der Waals surface area contributed by atoms with Crippen LogP contribution in [-0.4, -0.2) is 43.3 Å². The highest BCUT2D eigenvalue weighted by Gasteiger charge is 2.24. The number of hydrogen-bond acceptors (Lipinski definition) is 6. The Hall–Kier alpha value is -2.48. The summed E-state index contributed by atoms with van der Waals surface area (Å²) in [6.07, 6.45) is -0.419. The van der Waals surface area contributed by atoms with Crippen LogP contribution in [0.15, 0.2) is 12.1 Å². The second kappa shape index (κ2) is 10.2. The van der Waals surface area contributed by atoms with Gasteiger partial charge in [0, 0.05) is 5.54 Å². The van der Waals surface area contributed by atoms with Crippen LogP contribution in [0.25, 0.3) is 0 Å². The summed E-state index contributed by atoms with van der Waals surface area (Å²) in [6, 6.07) is 2.10. The zero-order valence-corrected chi connectivity index (χ0v) is 17.7. The number of benzene rings is 1. The maximum Gasteiger partial charge on any atom is 0.339 e. The third-order valence-corrected chi connectivity index (χ3v) is 3.57. The lowest BCUT2D eigenvalue weighted by Crippen LogP contribution is -2.50. The van der Waals surface area contributed by atoms with E-state index in [1.54, 1.807) is 20.8 Å². The largest absolute Gasteiger partial charge is 0.493 e. The maximum atomic E-state index is 12.4. The molecule has 0 radical (unpaired) electrons. The molecular formula is C19H27ClN2O6. The molecule has 0 aliphatic carbocycles. The topological polar surface area (TPSA) is 103 Å². The van der Waals surface area contributed by atoms with Gasteiger partial charge in [0.25, 0.3) is 5.91 Å². The normalized spacial score (nSPS) is 12.0. The molecule has 8 nitrogen and oxygen atoms in total. The number of rotatable bonds is 7. The predicted molar refractivity (Wildman–Crippen MR) is 105 cm³/mol. The number of nitrogens with one attached hydrogen (secondary N) is 2. The standard InChI is InChI=1S/C19H27ClN2O6/c1-7-8-27-15-13(20)9-12(10-14(15)26-6)17(24)28-11(2)16(23)21-18(25)22-19(3,4)5/h9-11H,7-8H2,1-6H3,(H2,21,22,23,25)/t11-/m0/s1. The Morgan fingerprint density at radius 2 is 1.86 bits per heavy atom. The van der Waals surface area contributed by atoms with E-state index in [4.69, 9.17) is 25.8 Å². The molecule has 0 heterocycles. The van der Waals surface area contributed by atoms with Crippen LogP contribution in [0, 0.1) is 0 Å². The number of ether oxygens (including phenoxy) is 3. The Bertz CT molecular complexity index is 730. The fourth-order valence-electron chi connectivity index (χ4n) is 2.05. The quantitative estimate of drug-likeness (QED) is 0.663. The number of hydrogen-bond donors (Lipinski definition) is 2. The average Bonchev–Trinajstić information content (AvgIpc) is 2.58. The van der Waals surface area contributed by atoms with E-state index in [1.165, 1.54) is 26.2 Å². The fourth-order valence-corrected chi connectivity index (χ4v) is 2.31. The summed E-state index contributed by atoms with van der Waals surface area (Å²) in [5.74, 6) is -0.945. The van der Waals surface area contributed by atoms with Crippen molar-refractivity contribution in [3.63, 3.8) is 0 Å². The first-order valence-electron chi connectivity index (χ1n) is 8.82. The van der Waals surface area contributed by atoms with Gasteiger partial charge in [-0.2, -0.15) is 0 Å². The van der Waals surface area contributed by atoms with Crippen LogP contribution in [0.3, 0.4) is 0 Å². The van der Waals surface area contributed by atoms with E-state index in [2.05, 4.69) is 10.6 Å². The van der Waals surface area contributed by atoms with Gasteiger partial charge in [0.05, 0.1) is 24.3 Å². The Balaban J connectivity index is 2.82. The Kier molecular flexibility index (Phi) is 8.56. The monoisotopic (exact) mass is 414 g/mol. The molecule has 156 valence electrons. The van der Waals surface area contributed by atoms with Gasteiger partial charge in [0.1, 0.15) is 0 Å². The molecule has 0 fully saturated rings. The fraction of sp³-hybridized carbons (Fsp3) is 0.526. The van der Waals surface area contributed by atoms with Crippen molar-refractivity contribution in [2.75, 3.05) is 13.7 Å². The van der Waals surface area contributed by atoms with Crippen molar-refractivity contribution in [1.29, 1.82) is 0 Å². The molecule has 1 aromatic carbocycles. The lowest BCUT2D eigenvalue weighted by atomic mass is 10.1. The number of imide groups is 1. The molecule has 0 aliphatic heterocycles. The third kappa shape index (κ3) is 7.26. The third-order valence-electron chi connectivity index (χ3n) is 3.29. The van der Waals surface area contributed by atoms with Crippen molar-refractivity contribution in [1.82, 2.24) is 10.6 Å². The predicted octanol–water partition coefficient (Wildman–Crippen LogP) is 3.31. The number of carbonyl (C=O) groups is 3. The first-order chi connectivity index (χ1) is 13.0. The summed E-state index contributed by atoms with van der Waals surface area (Å²) >= 11 is 6.18. The Morgan fingerprint density at radius 1 is 1.21 bits per heavy atom. The van der Waals surface area contributed by atoms with Crippen molar-refractivity contribution in [2.45, 2.75) is 52.7 Å². The van der Waals surface area contributed by atoms with Crippen molar-refractivity contribution < 1.29 is 28.6 Å². The van der Waals surface area contributed by atoms with Gasteiger partial charge >= 0.3 is 12.0 Å². The lowest BCUT2D eigenvalue weighted by molar-refractivity contribution is -0.127. The van der Waals surface area contributed by atoms with Crippen LogP contribution >= 0.6 is 11.6 Å². The molecule has 0 saturated heterocycles. The van der Waals surface area contributed by atoms with E-state index in [1.807, 2.05) is 6.92 Å². The highest BCUT2D eigenvalue weighted by molar-refractivity contribution is 6.32. The second-order valence-corrected chi connectivity index (χ2v) is 7.49. The number of halogens is 1. The van der Waals surface area contributed by atoms with Gasteiger partial charge in [0.15, 0.2) is 17.6 Å². The number of methoxy groups -OCH3 is 1. The van der Waals surface area contributed by atoms with Gasteiger partial charge in [-0.15, -0.1) is 0 Å². The molecule has 1 rings (SSSR count). The molecule has 9 heteroatoms. The minimum atomic E-state index is -1.20. The molecule has 1 aromatic rings. The SMILES string of the molecule is CCCOc1c(Cl)cc(C(=O)O[C@@H](C)C(=O)NC(=O)NC(C)(C)C)cc1OC. The highest BCUT2D eigenvalue weighted by Crippen LogP contribution is 2.36. The molecule has 0 spiro atoms. The minimum absolute atomic E-state index is 0.0875. The number of urea groups is 1. The Labute approximate surface area is 169 Å². The van der Waals surface area contributed by atoms with Crippen molar-refractivity contribution >= 4 is 29.5 Å². The molecule has 3 amide bonds. The smallest absolute Gasteiger partial charge is 0.339 e. The van der Waals surface area contributed by atoms with E-state index < -0.39 is 29.6 Å². The first-order valence-corrected chi connectivity index (χ1v) is 9.20. The number of amides is 3. The average molecular weight is 415 g/mol. The van der Waals surface area contributed by atoms with Gasteiger partial charge in [-0.1, -0.05) is 18.5 Å². The number of esters is 1. The Morgan fingerprint density at radius 3 is 2.39 bits per heavy atom. The molecule has 0 bridgehead atoms. The van der Waals surface area contributed by atoms with Crippen LogP contribution in [-0.2, 0) is 9.53 Å². The van der Waals surface area contributed by atoms with Crippen LogP contribution in [0.5, 0.6) is 11.5 Å². The molecule has 0 aromatic heterocycles. The molecule has 0 saturated carbocycles. The van der Waals surface area contributed by atoms with Gasteiger partial charge in [-0.05, 0) is 46.2 Å². The van der Waals surface area contributed by atoms with Crippen LogP contribution in [0.2, 0.25) is 5.02 Å². The highest BCUT2D eigenvalue weighted by atomic mass is 35.5. The molecular weight excluding hydrogens is 388 g/mol. The zero-order valence-electron chi connectivity index (χ0n) is 17.0. The van der Waals surface area contributed by atoms with Crippen molar-refractivity contribution in [2.24, 2.45) is 0 Å². The van der Waals surface area contributed by atoms with E-state index in [9.17, 15) is 14.4 Å². The molecule has 2 N–H and O–H groups in total. The van der Waals surface area contributed by atoms with Gasteiger partial charge in [-0.3, -0.25) is 10.1 Å². The van der Waals surface area contributed by atoms with Crippen LogP contribution < -0.4 is 20.1 Å². The number of carbonyl (C=O) groups excluding carboxylic acids is 3. The van der Waals surface area contributed by atoms with E-state index in [-0.39, 0.29) is 16.3 Å². The molecule has 0 aliphatic rings. The zero-order chi connectivity index (χ0) is 21.5. The van der Waals surface area contributed by atoms with Crippen LogP contribution in [0.1, 0.15) is 51.4 Å². The van der Waals surface area contributed by atoms with Crippen molar-refractivity contribution in [3.8, 4) is 11.5 Å². The van der Waals surface area contributed by atoms with E-state index >= 15 is 0 Å². The summed E-state index contributed by atoms with van der Waals surface area (Å²) in [5.41, 5.74) is -0.427. The summed E-state index contributed by atoms with van der Waals surface area (Å²) in [4.78, 5) is 36.2. The van der Waals surface area contributed by atoms with Crippen LogP contribution in [0.4, 0.5) is 4.79 Å². The summed E-state index contributed by atoms with van der Waals surface area (Å²) < 4.78 is 15.9. The summed E-state index contributed by atoms with van der Waals surface area (Å²) in [6.45, 7) is 9.05. The van der Waals surface area contributed by atoms with Gasteiger partial charge in [-0.25, -0.2) is 9.59 Å². The molecule has 28 heavy (non-hydrogen) atoms. The maximum absolute atomic E-state index is 12.4. The molecule has 1 atom stereocenters. The summed E-state index contributed by atoms with van der Waals surface area (Å²) in [5, 5.41) is 4.88. The molecule has 0 unspecified atom stereocenters. The summed E-state index contributed by atoms with van der Waals surface area (Å²) in [7, 11) is 1.42. The van der Waals surface area contributed by atoms with Gasteiger partial charge < -0.3 is 19.5 Å². The van der Waals surface area contributed by atoms with Gasteiger partial charge in [0.2, 0.25) is 0 Å². The van der Waals surface area contributed by atoms with Crippen molar-refractivity contribution in [3.05, 3.63) is 22.7 Å².